The van der Waals surface area contributed by atoms with Crippen molar-refractivity contribution in [3.63, 3.8) is 0 Å². The molecule has 4 aromatic rings. The molecular formula is C23H25N5O5S. The van der Waals surface area contributed by atoms with E-state index in [0.29, 0.717) is 34.4 Å². The first-order chi connectivity index (χ1) is 16.3. The number of fused-ring (bicyclic) bond motifs is 1. The third kappa shape index (κ3) is 4.80. The minimum Gasteiger partial charge on any atom is -0.497 e. The number of aryl methyl sites for hydroxylation is 2. The largest absolute Gasteiger partial charge is 0.497 e. The summed E-state index contributed by atoms with van der Waals surface area (Å²) in [7, 11) is -0.565. The Morgan fingerprint density at radius 2 is 1.79 bits per heavy atom. The van der Waals surface area contributed by atoms with Gasteiger partial charge in [0.2, 0.25) is 15.9 Å². The van der Waals surface area contributed by atoms with Crippen LogP contribution < -0.4 is 18.9 Å². The summed E-state index contributed by atoms with van der Waals surface area (Å²) in [6.07, 6.45) is 0. The van der Waals surface area contributed by atoms with Gasteiger partial charge in [-0.15, -0.1) is 15.3 Å². The first-order valence-corrected chi connectivity index (χ1v) is 12.0. The zero-order valence-corrected chi connectivity index (χ0v) is 20.1. The molecule has 0 amide bonds. The first kappa shape index (κ1) is 23.5. The highest BCUT2D eigenvalue weighted by Crippen LogP contribution is 2.26. The van der Waals surface area contributed by atoms with Crippen LogP contribution in [0.25, 0.3) is 17.0 Å². The van der Waals surface area contributed by atoms with E-state index in [9.17, 15) is 8.42 Å². The van der Waals surface area contributed by atoms with Gasteiger partial charge in [-0.2, -0.15) is 4.52 Å². The number of benzene rings is 2. The third-order valence-electron chi connectivity index (χ3n) is 5.19. The number of nitrogens with zero attached hydrogens (tertiary/aromatic N) is 4. The Labute approximate surface area is 197 Å². The molecule has 2 aromatic heterocycles. The van der Waals surface area contributed by atoms with Crippen LogP contribution in [0.5, 0.6) is 17.4 Å². The molecule has 4 rings (SSSR count). The van der Waals surface area contributed by atoms with Gasteiger partial charge >= 0.3 is 0 Å². The van der Waals surface area contributed by atoms with Crippen molar-refractivity contribution in [2.45, 2.75) is 18.7 Å². The fourth-order valence-corrected chi connectivity index (χ4v) is 4.80. The molecule has 2 aromatic carbocycles. The van der Waals surface area contributed by atoms with Crippen LogP contribution in [0.1, 0.15) is 11.1 Å². The Balaban J connectivity index is 1.45. The summed E-state index contributed by atoms with van der Waals surface area (Å²) in [6.45, 7) is 3.68. The van der Waals surface area contributed by atoms with E-state index >= 15 is 0 Å². The number of hydrogen-bond acceptors (Lipinski definition) is 8. The Hall–Kier alpha value is -3.70. The zero-order chi connectivity index (χ0) is 24.3. The van der Waals surface area contributed by atoms with E-state index in [1.165, 1.54) is 0 Å². The molecule has 0 spiro atoms. The van der Waals surface area contributed by atoms with E-state index in [1.807, 2.05) is 24.3 Å². The van der Waals surface area contributed by atoms with Crippen molar-refractivity contribution in [1.82, 2.24) is 24.5 Å². The maximum atomic E-state index is 12.8. The van der Waals surface area contributed by atoms with Gasteiger partial charge in [-0.1, -0.05) is 12.1 Å². The summed E-state index contributed by atoms with van der Waals surface area (Å²) in [5, 5.41) is 12.8. The van der Waals surface area contributed by atoms with Crippen molar-refractivity contribution in [3.05, 3.63) is 59.7 Å². The summed E-state index contributed by atoms with van der Waals surface area (Å²) in [5.74, 6) is 2.18. The number of aromatic nitrogens is 4. The number of nitrogens with one attached hydrogen (secondary N) is 1. The van der Waals surface area contributed by atoms with Crippen LogP contribution in [0.4, 0.5) is 0 Å². The minimum atomic E-state index is -3.71. The molecule has 0 radical (unpaired) electrons. The maximum Gasteiger partial charge on any atom is 0.240 e. The molecule has 2 heterocycles. The van der Waals surface area contributed by atoms with Gasteiger partial charge in [0, 0.05) is 18.2 Å². The normalized spacial score (nSPS) is 11.5. The zero-order valence-electron chi connectivity index (χ0n) is 19.3. The van der Waals surface area contributed by atoms with E-state index in [-0.39, 0.29) is 18.0 Å². The van der Waals surface area contributed by atoms with E-state index in [0.717, 1.165) is 11.1 Å². The van der Waals surface area contributed by atoms with Gasteiger partial charge in [0.15, 0.2) is 11.5 Å². The van der Waals surface area contributed by atoms with Crippen LogP contribution in [-0.4, -0.2) is 55.6 Å². The van der Waals surface area contributed by atoms with Gasteiger partial charge in [-0.25, -0.2) is 13.1 Å². The molecule has 0 aliphatic heterocycles. The van der Waals surface area contributed by atoms with Crippen molar-refractivity contribution >= 4 is 15.7 Å². The minimum absolute atomic E-state index is 0.0670. The predicted octanol–water partition coefficient (Wildman–Crippen LogP) is 2.78. The van der Waals surface area contributed by atoms with Crippen LogP contribution in [0.3, 0.4) is 0 Å². The SMILES string of the molecule is COc1cccc(-c2nnc3ccc(OCCNS(=O)(=O)c4cc(C)c(OC)cc4C)nn23)c1. The first-order valence-electron chi connectivity index (χ1n) is 10.5. The molecular weight excluding hydrogens is 458 g/mol. The quantitative estimate of drug-likeness (QED) is 0.361. The average molecular weight is 484 g/mol. The average Bonchev–Trinajstić information content (AvgIpc) is 3.26. The van der Waals surface area contributed by atoms with Crippen molar-refractivity contribution in [2.75, 3.05) is 27.4 Å². The lowest BCUT2D eigenvalue weighted by Crippen LogP contribution is -2.29. The second-order valence-corrected chi connectivity index (χ2v) is 9.27. The lowest BCUT2D eigenvalue weighted by molar-refractivity contribution is 0.306. The second kappa shape index (κ2) is 9.65. The molecule has 1 N–H and O–H groups in total. The summed E-state index contributed by atoms with van der Waals surface area (Å²) in [6, 6.07) is 14.1. The van der Waals surface area contributed by atoms with Crippen molar-refractivity contribution < 1.29 is 22.6 Å². The summed E-state index contributed by atoms with van der Waals surface area (Å²) < 4.78 is 45.9. The molecule has 0 aliphatic carbocycles. The summed E-state index contributed by atoms with van der Waals surface area (Å²) in [4.78, 5) is 0.206. The van der Waals surface area contributed by atoms with Crippen molar-refractivity contribution in [2.24, 2.45) is 0 Å². The van der Waals surface area contributed by atoms with Crippen LogP contribution >= 0.6 is 0 Å². The Morgan fingerprint density at radius 1 is 0.971 bits per heavy atom. The Morgan fingerprint density at radius 3 is 2.56 bits per heavy atom. The fourth-order valence-electron chi connectivity index (χ4n) is 3.47. The Bertz CT molecular complexity index is 1440. The maximum absolute atomic E-state index is 12.8. The lowest BCUT2D eigenvalue weighted by Gasteiger charge is -2.13. The molecule has 10 nitrogen and oxygen atoms in total. The van der Waals surface area contributed by atoms with Crippen LogP contribution in [0.15, 0.2) is 53.4 Å². The monoisotopic (exact) mass is 483 g/mol. The van der Waals surface area contributed by atoms with Gasteiger partial charge in [0.1, 0.15) is 18.1 Å². The summed E-state index contributed by atoms with van der Waals surface area (Å²) >= 11 is 0. The van der Waals surface area contributed by atoms with E-state index in [2.05, 4.69) is 20.0 Å². The topological polar surface area (TPSA) is 117 Å². The Kier molecular flexibility index (Phi) is 6.66. The molecule has 0 saturated heterocycles. The molecule has 0 bridgehead atoms. The smallest absolute Gasteiger partial charge is 0.240 e. The van der Waals surface area contributed by atoms with Crippen molar-refractivity contribution in [1.29, 1.82) is 0 Å². The van der Waals surface area contributed by atoms with Gasteiger partial charge in [-0.05, 0) is 55.3 Å². The van der Waals surface area contributed by atoms with Gasteiger partial charge in [0.25, 0.3) is 0 Å². The number of methoxy groups -OCH3 is 2. The molecule has 0 saturated carbocycles. The van der Waals surface area contributed by atoms with Crippen LogP contribution in [0.2, 0.25) is 0 Å². The molecule has 34 heavy (non-hydrogen) atoms. The molecule has 11 heteroatoms. The van der Waals surface area contributed by atoms with Gasteiger partial charge in [0.05, 0.1) is 19.1 Å². The second-order valence-electron chi connectivity index (χ2n) is 7.53. The molecule has 0 fully saturated rings. The van der Waals surface area contributed by atoms with Crippen LogP contribution in [-0.2, 0) is 10.0 Å². The van der Waals surface area contributed by atoms with E-state index in [1.54, 1.807) is 56.8 Å². The number of sulfonamides is 1. The lowest BCUT2D eigenvalue weighted by atomic mass is 10.1. The molecule has 0 atom stereocenters. The predicted molar refractivity (Wildman–Crippen MR) is 126 cm³/mol. The van der Waals surface area contributed by atoms with Crippen LogP contribution in [0, 0.1) is 13.8 Å². The highest BCUT2D eigenvalue weighted by Gasteiger charge is 2.18. The highest BCUT2D eigenvalue weighted by molar-refractivity contribution is 7.89. The standard InChI is InChI=1S/C23H25N5O5S/c1-15-13-20(16(2)12-19(15)32-4)34(29,30)24-10-11-33-22-9-8-21-25-26-23(28(21)27-22)17-6-5-7-18(14-17)31-3/h5-9,12-14,24H,10-11H2,1-4H3. The molecule has 0 aliphatic rings. The number of ether oxygens (including phenoxy) is 3. The number of rotatable bonds is 9. The van der Waals surface area contributed by atoms with Gasteiger partial charge in [-0.3, -0.25) is 0 Å². The highest BCUT2D eigenvalue weighted by atomic mass is 32.2. The van der Waals surface area contributed by atoms with E-state index in [4.69, 9.17) is 14.2 Å². The molecule has 178 valence electrons. The molecule has 0 unspecified atom stereocenters. The summed E-state index contributed by atoms with van der Waals surface area (Å²) in [5.41, 5.74) is 2.68. The van der Waals surface area contributed by atoms with E-state index < -0.39 is 10.0 Å². The van der Waals surface area contributed by atoms with Gasteiger partial charge < -0.3 is 14.2 Å². The fraction of sp³-hybridized carbons (Fsp3) is 0.261. The number of hydrogen-bond donors (Lipinski definition) is 1. The third-order valence-corrected chi connectivity index (χ3v) is 6.80. The van der Waals surface area contributed by atoms with Crippen molar-refractivity contribution in [3.8, 4) is 28.8 Å².